The Morgan fingerprint density at radius 1 is 0.385 bits per heavy atom. The van der Waals surface area contributed by atoms with E-state index in [4.69, 9.17) is 15.1 Å². The number of aryl methyl sites for hydroxylation is 1. The minimum atomic E-state index is -1.11. The van der Waals surface area contributed by atoms with E-state index in [1.807, 2.05) is 122 Å². The molecule has 0 atom stereocenters. The molecule has 7 aliphatic carbocycles. The van der Waals surface area contributed by atoms with Gasteiger partial charge in [0.15, 0.2) is 11.7 Å². The van der Waals surface area contributed by atoms with Gasteiger partial charge in [0, 0.05) is 132 Å². The van der Waals surface area contributed by atoms with Gasteiger partial charge in [-0.2, -0.15) is 59.0 Å². The number of benzene rings is 6. The van der Waals surface area contributed by atoms with Crippen molar-refractivity contribution in [2.45, 2.75) is 307 Å². The molecule has 21 rings (SSSR count). The minimum Gasteiger partial charge on any atom is -0.507 e. The maximum absolute atomic E-state index is 13.2. The summed E-state index contributed by atoms with van der Waals surface area (Å²) in [7, 11) is 0. The molecule has 0 amide bonds. The Kier molecular flexibility index (Phi) is 48.8. The van der Waals surface area contributed by atoms with Crippen molar-refractivity contribution in [2.75, 3.05) is 0 Å². The summed E-state index contributed by atoms with van der Waals surface area (Å²) in [6.45, 7) is 21.1. The Morgan fingerprint density at radius 2 is 0.770 bits per heavy atom. The molecular weight excluding hydrogens is 2460 g/mol. The molecule has 2 N–H and O–H groups in total. The van der Waals surface area contributed by atoms with Gasteiger partial charge in [0.05, 0.1) is 22.7 Å². The fourth-order valence-electron chi connectivity index (χ4n) is 22.6. The van der Waals surface area contributed by atoms with Crippen molar-refractivity contribution in [3.8, 4) is 45.2 Å². The molecule has 789 valence electrons. The van der Waals surface area contributed by atoms with Crippen LogP contribution in [0.1, 0.15) is 328 Å². The summed E-state index contributed by atoms with van der Waals surface area (Å²) in [5, 5.41) is 21.3. The molecule has 1 radical (unpaired) electrons. The molecule has 0 spiro atoms. The largest absolute Gasteiger partial charge is 3.00 e. The van der Waals surface area contributed by atoms with Gasteiger partial charge in [-0.05, 0) is 255 Å². The van der Waals surface area contributed by atoms with Crippen molar-refractivity contribution in [3.63, 3.8) is 0 Å². The first kappa shape index (κ1) is 122. The number of aromatic carboxylic acids is 1. The number of carboxylic acid groups (broad SMARTS) is 1. The standard InChI is InChI=1S/C26H32N2.C25H32N.C17H17F2N2.C17H20N3.C15H12O2.C13H17NO2.C12H8.C3H8.CH4.Au.Ir.Pt.Ru/c1-25(11-3-4-12-25)17-19-9-15-27-23-21(19)7-8-22-20(10-16-28-24(22)23)18-26(2)13-5-6-14-26;1-24(11-3-4-12-24)18-20-8-7-9-22(16-20)23-17-21(10-15-26-23)19-25(2)13-5-6-14-25;1-17(7-2-3-8-17)11-12-6-9-20-15(10-12)14-5-4-13(18)16(19)21-14;1-17(7-2-3-8-17)9-6-14-11-19-16(20-12-14)15-5-4-10-18-13-15;16-14(12-7-3-1-4-8-12)11-15(17)13-9-5-2-6-10-13;1-13(5-2-3-6-13)9-10-4-7-14-11(8-10)12(15)16;1-3-7-11(8-4-1)12-9-5-2-6-10-12;1-3-2;;;;;/h7-10,15-16H,3-6,11-14,17-18H2,1-2H3;7-8,10,15-17H,3-6,11-14,18-19H2,1-2H3;4,6,9-10H,2-3,7-8,11H2,1H3;4,10-13H,2-3,6-9H2,1H3;1-11,16H;4,7-8H,2-3,5-6,9H2,1H3,(H,15,16);1-7,9H;3H2,1-2H3;1H4;;;;/q;3*-1;;;-2;;;+3;;;. The summed E-state index contributed by atoms with van der Waals surface area (Å²) in [5.74, 6) is -2.56. The van der Waals surface area contributed by atoms with Crippen LogP contribution < -0.4 is 0 Å². The zero-order chi connectivity index (χ0) is 101. The average Bonchev–Trinajstić information content (AvgIpc) is 0.849. The van der Waals surface area contributed by atoms with Gasteiger partial charge in [-0.25, -0.2) is 20.9 Å². The summed E-state index contributed by atoms with van der Waals surface area (Å²) in [4.78, 5) is 61.4. The van der Waals surface area contributed by atoms with Gasteiger partial charge in [0.1, 0.15) is 11.5 Å². The molecule has 8 aromatic heterocycles. The van der Waals surface area contributed by atoms with Crippen molar-refractivity contribution in [3.05, 3.63) is 360 Å². The Labute approximate surface area is 938 Å². The summed E-state index contributed by atoms with van der Waals surface area (Å²) in [6, 6.07) is 79.7. The van der Waals surface area contributed by atoms with E-state index in [0.29, 0.717) is 60.6 Å². The Bertz CT molecular complexity index is 6230. The smallest absolute Gasteiger partial charge is 0.507 e. The normalized spacial score (nSPS) is 16.6. The van der Waals surface area contributed by atoms with Gasteiger partial charge in [0.2, 0.25) is 0 Å². The molecule has 13 nitrogen and oxygen atoms in total. The molecule has 0 aliphatic heterocycles. The summed E-state index contributed by atoms with van der Waals surface area (Å²) >= 11 is 0. The molecule has 7 saturated carbocycles. The van der Waals surface area contributed by atoms with Crippen LogP contribution in [0, 0.1) is 80.0 Å². The molecule has 8 heterocycles. The molecule has 19 heteroatoms. The minimum absolute atomic E-state index is 0. The van der Waals surface area contributed by atoms with Crippen LogP contribution in [0.5, 0.6) is 0 Å². The first-order chi connectivity index (χ1) is 69.1. The van der Waals surface area contributed by atoms with E-state index >= 15 is 0 Å². The van der Waals surface area contributed by atoms with Crippen LogP contribution in [0.3, 0.4) is 0 Å². The Morgan fingerprint density at radius 3 is 1.20 bits per heavy atom. The van der Waals surface area contributed by atoms with E-state index in [1.54, 1.807) is 73.3 Å². The maximum Gasteiger partial charge on any atom is 3.00 e. The van der Waals surface area contributed by atoms with Gasteiger partial charge in [-0.3, -0.25) is 34.1 Å². The molecular formula is C129H150AuF2IrN9O4PtRu-2. The first-order valence-corrected chi connectivity index (χ1v) is 52.7. The van der Waals surface area contributed by atoms with E-state index < -0.39 is 17.7 Å². The third-order valence-corrected chi connectivity index (χ3v) is 30.7. The monoisotopic (exact) mass is 2610 g/mol. The number of aliphatic hydroxyl groups is 1. The number of halogens is 2. The summed E-state index contributed by atoms with van der Waals surface area (Å²) < 4.78 is 26.1. The van der Waals surface area contributed by atoms with E-state index in [0.717, 1.165) is 88.3 Å². The van der Waals surface area contributed by atoms with Crippen molar-refractivity contribution in [1.29, 1.82) is 0 Å². The fourth-order valence-corrected chi connectivity index (χ4v) is 22.6. The third-order valence-electron chi connectivity index (χ3n) is 30.7. The van der Waals surface area contributed by atoms with Crippen LogP contribution in [-0.2, 0) is 128 Å². The number of fused-ring (bicyclic) bond motifs is 3. The number of ketones is 1. The average molecular weight is 2610 g/mol. The van der Waals surface area contributed by atoms with Gasteiger partial charge >= 0.3 is 28.3 Å². The summed E-state index contributed by atoms with van der Waals surface area (Å²) in [5.41, 5.74) is 22.0. The van der Waals surface area contributed by atoms with Crippen molar-refractivity contribution in [2.24, 2.45) is 37.9 Å². The zero-order valence-corrected chi connectivity index (χ0v) is 95.9. The van der Waals surface area contributed by atoms with E-state index in [1.165, 1.54) is 250 Å². The molecule has 6 aromatic carbocycles. The number of rotatable bonds is 23. The van der Waals surface area contributed by atoms with Crippen molar-refractivity contribution < 1.29 is 112 Å². The van der Waals surface area contributed by atoms with E-state index in [9.17, 15) is 23.5 Å². The molecule has 0 unspecified atom stereocenters. The second-order valence-corrected chi connectivity index (χ2v) is 43.9. The van der Waals surface area contributed by atoms with Gasteiger partial charge in [0.25, 0.3) is 0 Å². The third kappa shape index (κ3) is 36.5. The second kappa shape index (κ2) is 59.3. The maximum atomic E-state index is 13.2. The number of hydrogen-bond acceptors (Lipinski definition) is 12. The van der Waals surface area contributed by atoms with E-state index in [-0.39, 0.29) is 113 Å². The predicted molar refractivity (Wildman–Crippen MR) is 584 cm³/mol. The van der Waals surface area contributed by atoms with Crippen LogP contribution in [-0.4, -0.2) is 66.8 Å². The zero-order valence-electron chi connectivity index (χ0n) is 87.3. The van der Waals surface area contributed by atoms with Crippen LogP contribution in [0.2, 0.25) is 0 Å². The number of aromatic nitrogens is 9. The number of carbonyl (C=O) groups is 2. The second-order valence-electron chi connectivity index (χ2n) is 43.9. The summed E-state index contributed by atoms with van der Waals surface area (Å²) in [6.07, 6.45) is 65.7. The van der Waals surface area contributed by atoms with Crippen LogP contribution in [0.25, 0.3) is 72.7 Å². The number of carbonyl (C=O) groups excluding carboxylic acids is 1. The Hall–Kier alpha value is -9.79. The van der Waals surface area contributed by atoms with Crippen molar-refractivity contribution in [1.82, 2.24) is 44.9 Å². The molecule has 7 aliphatic rings. The number of hydrogen-bond donors (Lipinski definition) is 2. The molecule has 148 heavy (non-hydrogen) atoms. The first-order valence-electron chi connectivity index (χ1n) is 52.7. The van der Waals surface area contributed by atoms with Crippen LogP contribution in [0.4, 0.5) is 8.78 Å². The number of pyridine rings is 7. The predicted octanol–water partition coefficient (Wildman–Crippen LogP) is 33.4. The van der Waals surface area contributed by atoms with Crippen LogP contribution in [0.15, 0.2) is 262 Å². The van der Waals surface area contributed by atoms with E-state index in [2.05, 4.69) is 182 Å². The number of allylic oxidation sites excluding steroid dienone is 1. The number of carboxylic acids is 1. The van der Waals surface area contributed by atoms with Gasteiger partial charge in [-0.1, -0.05) is 280 Å². The molecule has 7 fully saturated rings. The van der Waals surface area contributed by atoms with Gasteiger partial charge in [-0.15, -0.1) is 65.7 Å². The quantitative estimate of drug-likeness (QED) is 0.0117. The van der Waals surface area contributed by atoms with Gasteiger partial charge < -0.3 is 25.2 Å². The number of aliphatic hydroxyl groups excluding tert-OH is 1. The van der Waals surface area contributed by atoms with Crippen LogP contribution >= 0.6 is 0 Å². The Balaban J connectivity index is 0.000000192. The molecule has 0 saturated heterocycles. The number of nitrogens with zero attached hydrogens (tertiary/aromatic N) is 9. The molecule has 14 aromatic rings. The SMILES string of the molecule is C.CC1(CCc2cnc(-c3[c-]ccnc3)nc2)CCCC1.CC1(Cc2cc[c-]c(-c3cc(CC4(C)CCCC4)ccn3)c2)CCCC1.CC1(Cc2ccnc(-c3[c-]cc(F)c(F)n3)c2)CCCC1.CC1(Cc2ccnc(C(=O)O)c2)CCCC1.CC1(Cc2ccnc3c2ccc2c(CC4(C)CCCC4)ccnc23)CCCC1.CCC.O=C(C=C(O)c1ccccc1)c1ccccc1.[Au+3].[Ir].[Pt].[Ru].[c-]1ccccc1-c1[c-]cccc1. The topological polar surface area (TPSA) is 191 Å². The fraction of sp³-hybridized carbons (Fsp3) is 0.419. The van der Waals surface area contributed by atoms with Crippen molar-refractivity contribution >= 4 is 39.3 Å². The molecule has 0 bridgehead atoms.